The van der Waals surface area contributed by atoms with Gasteiger partial charge in [-0.1, -0.05) is 30.7 Å². The lowest BCUT2D eigenvalue weighted by Gasteiger charge is -2.10. The zero-order chi connectivity index (χ0) is 8.97. The molecule has 12 heavy (non-hydrogen) atoms. The molecule has 1 rings (SSSR count). The molecule has 0 spiro atoms. The largest absolute Gasteiger partial charge is 0.481 e. The molecule has 0 aromatic heterocycles. The summed E-state index contributed by atoms with van der Waals surface area (Å²) in [5, 5.41) is 8.46. The molecule has 0 radical (unpaired) electrons. The van der Waals surface area contributed by atoms with E-state index >= 15 is 0 Å². The topological polar surface area (TPSA) is 37.3 Å². The van der Waals surface area contributed by atoms with Crippen LogP contribution in [0.2, 0.25) is 0 Å². The first-order chi connectivity index (χ1) is 5.68. The van der Waals surface area contributed by atoms with Crippen LogP contribution in [0.5, 0.6) is 0 Å². The molecule has 0 saturated carbocycles. The van der Waals surface area contributed by atoms with Crippen molar-refractivity contribution in [3.63, 3.8) is 0 Å². The van der Waals surface area contributed by atoms with Crippen molar-refractivity contribution in [2.45, 2.75) is 26.2 Å². The zero-order valence-corrected chi connectivity index (χ0v) is 7.29. The SMILES string of the molecule is CC1C=C(CCC(=O)O)C=CC1. The number of rotatable bonds is 3. The summed E-state index contributed by atoms with van der Waals surface area (Å²) in [6.45, 7) is 2.14. The maximum absolute atomic E-state index is 10.3. The Bertz CT molecular complexity index is 226. The molecule has 0 aromatic carbocycles. The number of hydrogen-bond acceptors (Lipinski definition) is 1. The first-order valence-corrected chi connectivity index (χ1v) is 4.27. The Morgan fingerprint density at radius 3 is 3.08 bits per heavy atom. The quantitative estimate of drug-likeness (QED) is 0.698. The number of carboxylic acids is 1. The minimum Gasteiger partial charge on any atom is -0.481 e. The van der Waals surface area contributed by atoms with Crippen molar-refractivity contribution in [1.82, 2.24) is 0 Å². The third-order valence-electron chi connectivity index (χ3n) is 1.97. The molecule has 66 valence electrons. The number of allylic oxidation sites excluding steroid dienone is 4. The van der Waals surface area contributed by atoms with Crippen molar-refractivity contribution >= 4 is 5.97 Å². The number of carbonyl (C=O) groups is 1. The van der Waals surface area contributed by atoms with Crippen LogP contribution in [0.3, 0.4) is 0 Å². The van der Waals surface area contributed by atoms with Gasteiger partial charge in [0.25, 0.3) is 0 Å². The van der Waals surface area contributed by atoms with Crippen molar-refractivity contribution in [3.05, 3.63) is 23.8 Å². The van der Waals surface area contributed by atoms with Crippen molar-refractivity contribution in [2.24, 2.45) is 5.92 Å². The number of hydrogen-bond donors (Lipinski definition) is 1. The van der Waals surface area contributed by atoms with Gasteiger partial charge in [-0.3, -0.25) is 4.79 Å². The maximum atomic E-state index is 10.3. The molecule has 0 aromatic rings. The van der Waals surface area contributed by atoms with Crippen LogP contribution in [0.1, 0.15) is 26.2 Å². The summed E-state index contributed by atoms with van der Waals surface area (Å²) in [6.07, 6.45) is 8.28. The second kappa shape index (κ2) is 4.10. The molecule has 0 heterocycles. The Kier molecular flexibility index (Phi) is 3.09. The minimum atomic E-state index is -0.720. The third-order valence-corrected chi connectivity index (χ3v) is 1.97. The fraction of sp³-hybridized carbons (Fsp3) is 0.500. The molecule has 2 nitrogen and oxygen atoms in total. The Morgan fingerprint density at radius 1 is 1.75 bits per heavy atom. The highest BCUT2D eigenvalue weighted by molar-refractivity contribution is 5.67. The zero-order valence-electron chi connectivity index (χ0n) is 7.29. The van der Waals surface area contributed by atoms with Gasteiger partial charge in [-0.15, -0.1) is 0 Å². The van der Waals surface area contributed by atoms with E-state index in [-0.39, 0.29) is 6.42 Å². The summed E-state index contributed by atoms with van der Waals surface area (Å²) in [5.41, 5.74) is 1.16. The second-order valence-corrected chi connectivity index (χ2v) is 3.25. The van der Waals surface area contributed by atoms with Crippen molar-refractivity contribution < 1.29 is 9.90 Å². The molecule has 0 fully saturated rings. The van der Waals surface area contributed by atoms with Crippen LogP contribution in [0.4, 0.5) is 0 Å². The van der Waals surface area contributed by atoms with E-state index in [1.54, 1.807) is 0 Å². The average Bonchev–Trinajstić information content (AvgIpc) is 2.01. The smallest absolute Gasteiger partial charge is 0.303 e. The second-order valence-electron chi connectivity index (χ2n) is 3.25. The molecule has 0 amide bonds. The van der Waals surface area contributed by atoms with Gasteiger partial charge in [-0.25, -0.2) is 0 Å². The summed E-state index contributed by atoms with van der Waals surface area (Å²) in [5.74, 6) is -0.152. The molecule has 0 saturated heterocycles. The van der Waals surface area contributed by atoms with Crippen LogP contribution >= 0.6 is 0 Å². The Labute approximate surface area is 72.6 Å². The summed E-state index contributed by atoms with van der Waals surface area (Å²) >= 11 is 0. The van der Waals surface area contributed by atoms with E-state index in [0.29, 0.717) is 12.3 Å². The molecule has 1 aliphatic rings. The molecular weight excluding hydrogens is 152 g/mol. The van der Waals surface area contributed by atoms with Crippen LogP contribution in [0.25, 0.3) is 0 Å². The molecule has 1 unspecified atom stereocenters. The highest BCUT2D eigenvalue weighted by Crippen LogP contribution is 2.19. The van der Waals surface area contributed by atoms with Gasteiger partial charge in [-0.2, -0.15) is 0 Å². The monoisotopic (exact) mass is 166 g/mol. The fourth-order valence-electron chi connectivity index (χ4n) is 1.34. The Hall–Kier alpha value is -1.05. The average molecular weight is 166 g/mol. The molecule has 1 N–H and O–H groups in total. The summed E-state index contributed by atoms with van der Waals surface area (Å²) in [6, 6.07) is 0. The number of carboxylic acid groups (broad SMARTS) is 1. The third kappa shape index (κ3) is 2.91. The van der Waals surface area contributed by atoms with Crippen LogP contribution < -0.4 is 0 Å². The lowest BCUT2D eigenvalue weighted by Crippen LogP contribution is -1.99. The normalized spacial score (nSPS) is 22.1. The van der Waals surface area contributed by atoms with E-state index in [4.69, 9.17) is 5.11 Å². The summed E-state index contributed by atoms with van der Waals surface area (Å²) < 4.78 is 0. The van der Waals surface area contributed by atoms with Crippen LogP contribution in [0.15, 0.2) is 23.8 Å². The van der Waals surface area contributed by atoms with Gasteiger partial charge in [0.15, 0.2) is 0 Å². The highest BCUT2D eigenvalue weighted by Gasteiger charge is 2.05. The van der Waals surface area contributed by atoms with Gasteiger partial charge in [0.05, 0.1) is 0 Å². The van der Waals surface area contributed by atoms with Crippen molar-refractivity contribution in [1.29, 1.82) is 0 Å². The van der Waals surface area contributed by atoms with Gasteiger partial charge in [0.2, 0.25) is 0 Å². The van der Waals surface area contributed by atoms with Crippen LogP contribution in [0, 0.1) is 5.92 Å². The lowest BCUT2D eigenvalue weighted by molar-refractivity contribution is -0.136. The summed E-state index contributed by atoms with van der Waals surface area (Å²) in [4.78, 5) is 10.3. The first-order valence-electron chi connectivity index (χ1n) is 4.27. The van der Waals surface area contributed by atoms with Gasteiger partial charge in [-0.05, 0) is 18.8 Å². The first kappa shape index (κ1) is 9.04. The summed E-state index contributed by atoms with van der Waals surface area (Å²) in [7, 11) is 0. The van der Waals surface area contributed by atoms with Crippen molar-refractivity contribution in [2.75, 3.05) is 0 Å². The highest BCUT2D eigenvalue weighted by atomic mass is 16.4. The van der Waals surface area contributed by atoms with Crippen LogP contribution in [-0.4, -0.2) is 11.1 Å². The molecule has 2 heteroatoms. The Morgan fingerprint density at radius 2 is 2.50 bits per heavy atom. The minimum absolute atomic E-state index is 0.239. The maximum Gasteiger partial charge on any atom is 0.303 e. The van der Waals surface area contributed by atoms with E-state index in [0.717, 1.165) is 12.0 Å². The van der Waals surface area contributed by atoms with E-state index in [1.807, 2.05) is 6.08 Å². The van der Waals surface area contributed by atoms with E-state index in [9.17, 15) is 4.79 Å². The molecule has 0 bridgehead atoms. The van der Waals surface area contributed by atoms with E-state index in [1.165, 1.54) is 0 Å². The molecular formula is C10H14O2. The van der Waals surface area contributed by atoms with Gasteiger partial charge in [0, 0.05) is 6.42 Å². The fourth-order valence-corrected chi connectivity index (χ4v) is 1.34. The lowest BCUT2D eigenvalue weighted by atomic mass is 9.95. The predicted octanol–water partition coefficient (Wildman–Crippen LogP) is 2.37. The molecule has 0 aliphatic heterocycles. The van der Waals surface area contributed by atoms with Crippen molar-refractivity contribution in [3.8, 4) is 0 Å². The number of aliphatic carboxylic acids is 1. The molecule has 1 aliphatic carbocycles. The van der Waals surface area contributed by atoms with Gasteiger partial charge < -0.3 is 5.11 Å². The van der Waals surface area contributed by atoms with Gasteiger partial charge in [0.1, 0.15) is 0 Å². The van der Waals surface area contributed by atoms with E-state index < -0.39 is 5.97 Å². The predicted molar refractivity (Wildman–Crippen MR) is 47.9 cm³/mol. The standard InChI is InChI=1S/C10H14O2/c1-8-3-2-4-9(7-8)5-6-10(11)12/h2,4,7-8H,3,5-6H2,1H3,(H,11,12). The van der Waals surface area contributed by atoms with Gasteiger partial charge >= 0.3 is 5.97 Å². The Balaban J connectivity index is 2.41. The molecule has 1 atom stereocenters. The van der Waals surface area contributed by atoms with Crippen LogP contribution in [-0.2, 0) is 4.79 Å². The van der Waals surface area contributed by atoms with E-state index in [2.05, 4.69) is 19.1 Å².